The van der Waals surface area contributed by atoms with Gasteiger partial charge in [0.05, 0.1) is 6.42 Å². The molecule has 0 unspecified atom stereocenters. The number of nitrogens with zero attached hydrogens (tertiary/aromatic N) is 2. The van der Waals surface area contributed by atoms with Crippen molar-refractivity contribution in [1.82, 2.24) is 15.1 Å². The van der Waals surface area contributed by atoms with Gasteiger partial charge in [-0.25, -0.2) is 0 Å². The van der Waals surface area contributed by atoms with E-state index in [0.717, 1.165) is 17.5 Å². The van der Waals surface area contributed by atoms with Crippen LogP contribution >= 0.6 is 0 Å². The predicted octanol–water partition coefficient (Wildman–Crippen LogP) is 3.72. The van der Waals surface area contributed by atoms with Gasteiger partial charge in [0.1, 0.15) is 6.54 Å². The Kier molecular flexibility index (Phi) is 7.78. The van der Waals surface area contributed by atoms with Gasteiger partial charge in [-0.1, -0.05) is 49.7 Å². The van der Waals surface area contributed by atoms with Crippen molar-refractivity contribution in [2.75, 3.05) is 5.32 Å². The van der Waals surface area contributed by atoms with E-state index in [0.29, 0.717) is 18.7 Å². The van der Waals surface area contributed by atoms with Gasteiger partial charge >= 0.3 is 0 Å². The Bertz CT molecular complexity index is 950. The maximum absolute atomic E-state index is 12.3. The summed E-state index contributed by atoms with van der Waals surface area (Å²) in [6, 6.07) is 17.5. The molecule has 3 aromatic rings. The summed E-state index contributed by atoms with van der Waals surface area (Å²) in [7, 11) is 0. The van der Waals surface area contributed by atoms with Crippen molar-refractivity contribution < 1.29 is 9.59 Å². The maximum Gasteiger partial charge on any atom is 0.246 e. The number of hydrogen-bond donors (Lipinski definition) is 2. The predicted molar refractivity (Wildman–Crippen MR) is 118 cm³/mol. The first-order chi connectivity index (χ1) is 14.6. The van der Waals surface area contributed by atoms with Crippen LogP contribution in [0.15, 0.2) is 67.0 Å². The molecule has 0 radical (unpaired) electrons. The molecule has 1 aromatic heterocycles. The van der Waals surface area contributed by atoms with E-state index in [4.69, 9.17) is 0 Å². The van der Waals surface area contributed by atoms with Crippen LogP contribution in [0.5, 0.6) is 0 Å². The number of benzene rings is 2. The molecule has 0 saturated carbocycles. The third kappa shape index (κ3) is 6.88. The third-order valence-corrected chi connectivity index (χ3v) is 4.77. The van der Waals surface area contributed by atoms with E-state index in [2.05, 4.69) is 34.8 Å². The molecular formula is C24H28N4O2. The highest BCUT2D eigenvalue weighted by molar-refractivity contribution is 5.90. The van der Waals surface area contributed by atoms with Gasteiger partial charge in [0.2, 0.25) is 11.8 Å². The highest BCUT2D eigenvalue weighted by Gasteiger charge is 2.06. The second-order valence-electron chi connectivity index (χ2n) is 7.33. The Morgan fingerprint density at radius 1 is 0.967 bits per heavy atom. The molecule has 2 aromatic carbocycles. The summed E-state index contributed by atoms with van der Waals surface area (Å²) >= 11 is 0. The number of anilines is 1. The number of carbonyl (C=O) groups excluding carboxylic acids is 2. The van der Waals surface area contributed by atoms with E-state index < -0.39 is 0 Å². The van der Waals surface area contributed by atoms with Crippen LogP contribution in [-0.4, -0.2) is 21.6 Å². The van der Waals surface area contributed by atoms with Gasteiger partial charge in [0.25, 0.3) is 0 Å². The van der Waals surface area contributed by atoms with Crippen molar-refractivity contribution in [3.05, 3.63) is 83.7 Å². The van der Waals surface area contributed by atoms with Crippen molar-refractivity contribution in [2.45, 2.75) is 45.7 Å². The van der Waals surface area contributed by atoms with Gasteiger partial charge < -0.3 is 10.6 Å². The summed E-state index contributed by atoms with van der Waals surface area (Å²) in [5, 5.41) is 9.83. The largest absolute Gasteiger partial charge is 0.352 e. The van der Waals surface area contributed by atoms with Crippen molar-refractivity contribution in [3.8, 4) is 0 Å². The van der Waals surface area contributed by atoms with Gasteiger partial charge in [-0.05, 0) is 47.7 Å². The molecule has 0 aliphatic heterocycles. The van der Waals surface area contributed by atoms with Crippen molar-refractivity contribution in [3.63, 3.8) is 0 Å². The second kappa shape index (κ2) is 11.0. The number of carbonyl (C=O) groups is 2. The molecule has 3 rings (SSSR count). The summed E-state index contributed by atoms with van der Waals surface area (Å²) in [4.78, 5) is 24.4. The van der Waals surface area contributed by atoms with Crippen LogP contribution in [0.3, 0.4) is 0 Å². The SMILES string of the molecule is CCCCc1ccc(CC(=O)NCc2cccc(NC(=O)Cn3cccn3)c2)cc1. The van der Waals surface area contributed by atoms with Gasteiger partial charge in [0.15, 0.2) is 0 Å². The number of aromatic nitrogens is 2. The fourth-order valence-corrected chi connectivity index (χ4v) is 3.15. The van der Waals surface area contributed by atoms with E-state index in [1.54, 1.807) is 23.1 Å². The zero-order chi connectivity index (χ0) is 21.2. The normalized spacial score (nSPS) is 10.6. The molecule has 2 amide bonds. The highest BCUT2D eigenvalue weighted by atomic mass is 16.2. The lowest BCUT2D eigenvalue weighted by atomic mass is 10.0. The lowest BCUT2D eigenvalue weighted by Crippen LogP contribution is -2.24. The van der Waals surface area contributed by atoms with Gasteiger partial charge in [-0.15, -0.1) is 0 Å². The third-order valence-electron chi connectivity index (χ3n) is 4.77. The summed E-state index contributed by atoms with van der Waals surface area (Å²) in [6.45, 7) is 2.76. The van der Waals surface area contributed by atoms with E-state index in [1.807, 2.05) is 36.4 Å². The molecule has 0 spiro atoms. The van der Waals surface area contributed by atoms with E-state index >= 15 is 0 Å². The minimum absolute atomic E-state index is 0.0237. The van der Waals surface area contributed by atoms with E-state index in [-0.39, 0.29) is 18.4 Å². The smallest absolute Gasteiger partial charge is 0.246 e. The van der Waals surface area contributed by atoms with Gasteiger partial charge in [0, 0.05) is 24.6 Å². The lowest BCUT2D eigenvalue weighted by Gasteiger charge is -2.09. The van der Waals surface area contributed by atoms with Crippen molar-refractivity contribution in [2.24, 2.45) is 0 Å². The topological polar surface area (TPSA) is 76.0 Å². The molecule has 0 atom stereocenters. The summed E-state index contributed by atoms with van der Waals surface area (Å²) in [5.74, 6) is -0.174. The molecular weight excluding hydrogens is 376 g/mol. The Morgan fingerprint density at radius 3 is 2.50 bits per heavy atom. The monoisotopic (exact) mass is 404 g/mol. The number of hydrogen-bond acceptors (Lipinski definition) is 3. The molecule has 0 aliphatic carbocycles. The molecule has 0 fully saturated rings. The average Bonchev–Trinajstić information content (AvgIpc) is 3.25. The standard InChI is InChI=1S/C24H28N4O2/c1-2-3-6-19-9-11-20(12-10-19)16-23(29)25-17-21-7-4-8-22(15-21)27-24(30)18-28-14-5-13-26-28/h4-5,7-15H,2-3,6,16-18H2,1H3,(H,25,29)(H,27,30). The summed E-state index contributed by atoms with van der Waals surface area (Å²) in [6.07, 6.45) is 7.18. The number of rotatable bonds is 10. The van der Waals surface area contributed by atoms with Gasteiger partial charge in [-0.2, -0.15) is 5.10 Å². The molecule has 0 saturated heterocycles. The Labute approximate surface area is 177 Å². The first-order valence-corrected chi connectivity index (χ1v) is 10.3. The number of aryl methyl sites for hydroxylation is 1. The Balaban J connectivity index is 1.46. The summed E-state index contributed by atoms with van der Waals surface area (Å²) < 4.78 is 1.57. The maximum atomic E-state index is 12.3. The number of nitrogens with one attached hydrogen (secondary N) is 2. The molecule has 2 N–H and O–H groups in total. The van der Waals surface area contributed by atoms with E-state index in [1.165, 1.54) is 18.4 Å². The minimum atomic E-state index is -0.151. The van der Waals surface area contributed by atoms with Crippen LogP contribution < -0.4 is 10.6 Å². The average molecular weight is 405 g/mol. The summed E-state index contributed by atoms with van der Waals surface area (Å²) in [5.41, 5.74) is 3.94. The highest BCUT2D eigenvalue weighted by Crippen LogP contribution is 2.12. The molecule has 0 aliphatic rings. The van der Waals surface area contributed by atoms with Crippen LogP contribution in [0, 0.1) is 0 Å². The van der Waals surface area contributed by atoms with Crippen LogP contribution in [0.2, 0.25) is 0 Å². The Hall–Kier alpha value is -3.41. The van der Waals surface area contributed by atoms with Crippen LogP contribution in [0.25, 0.3) is 0 Å². The fourth-order valence-electron chi connectivity index (χ4n) is 3.15. The van der Waals surface area contributed by atoms with Crippen LogP contribution in [-0.2, 0) is 35.5 Å². The fraction of sp³-hybridized carbons (Fsp3) is 0.292. The van der Waals surface area contributed by atoms with Crippen LogP contribution in [0.1, 0.15) is 36.5 Å². The van der Waals surface area contributed by atoms with Crippen LogP contribution in [0.4, 0.5) is 5.69 Å². The molecule has 6 nitrogen and oxygen atoms in total. The number of amides is 2. The first kappa shape index (κ1) is 21.3. The Morgan fingerprint density at radius 2 is 1.77 bits per heavy atom. The molecule has 30 heavy (non-hydrogen) atoms. The molecule has 1 heterocycles. The zero-order valence-electron chi connectivity index (χ0n) is 17.3. The molecule has 6 heteroatoms. The zero-order valence-corrected chi connectivity index (χ0v) is 17.3. The first-order valence-electron chi connectivity index (χ1n) is 10.3. The van der Waals surface area contributed by atoms with Gasteiger partial charge in [-0.3, -0.25) is 14.3 Å². The second-order valence-corrected chi connectivity index (χ2v) is 7.33. The van der Waals surface area contributed by atoms with Crippen molar-refractivity contribution in [1.29, 1.82) is 0 Å². The molecule has 0 bridgehead atoms. The molecule has 156 valence electrons. The quantitative estimate of drug-likeness (QED) is 0.541. The minimum Gasteiger partial charge on any atom is -0.352 e. The number of unbranched alkanes of at least 4 members (excludes halogenated alkanes) is 1. The lowest BCUT2D eigenvalue weighted by molar-refractivity contribution is -0.120. The van der Waals surface area contributed by atoms with Crippen molar-refractivity contribution >= 4 is 17.5 Å². The van der Waals surface area contributed by atoms with E-state index in [9.17, 15) is 9.59 Å².